The molecular weight excluding hydrogens is 540 g/mol. The first-order chi connectivity index (χ1) is 19.8. The number of carbonyl (C=O) groups is 2. The topological polar surface area (TPSA) is 101 Å². The van der Waals surface area contributed by atoms with E-state index in [9.17, 15) is 24.8 Å². The summed E-state index contributed by atoms with van der Waals surface area (Å²) in [4.78, 5) is 38.7. The Morgan fingerprint density at radius 3 is 1.93 bits per heavy atom. The smallest absolute Gasteiger partial charge is 0.295 e. The van der Waals surface area contributed by atoms with Crippen LogP contribution in [0.4, 0.5) is 5.69 Å². The fourth-order valence-electron chi connectivity index (χ4n) is 5.51. The molecule has 1 N–H and O–H groups in total. The molecule has 1 amide bonds. The molecule has 41 heavy (non-hydrogen) atoms. The molecule has 1 atom stereocenters. The van der Waals surface area contributed by atoms with Gasteiger partial charge in [-0.15, -0.1) is 0 Å². The lowest BCUT2D eigenvalue weighted by atomic mass is 9.95. The second-order valence-corrected chi connectivity index (χ2v) is 11.4. The molecule has 0 aromatic heterocycles. The molecule has 1 aliphatic heterocycles. The van der Waals surface area contributed by atoms with Crippen molar-refractivity contribution in [2.45, 2.75) is 103 Å². The summed E-state index contributed by atoms with van der Waals surface area (Å²) >= 11 is 5.98. The first kappa shape index (κ1) is 32.3. The Balaban J connectivity index is 1.59. The summed E-state index contributed by atoms with van der Waals surface area (Å²) in [5.41, 5.74) is 0.554. The first-order valence-electron chi connectivity index (χ1n) is 15.1. The van der Waals surface area contributed by atoms with E-state index in [0.717, 1.165) is 19.3 Å². The lowest BCUT2D eigenvalue weighted by molar-refractivity contribution is -0.384. The van der Waals surface area contributed by atoms with E-state index in [0.29, 0.717) is 29.1 Å². The van der Waals surface area contributed by atoms with Crippen LogP contribution in [0.2, 0.25) is 5.02 Å². The molecular formula is C33H43ClN2O5. The van der Waals surface area contributed by atoms with Crippen LogP contribution >= 0.6 is 11.6 Å². The van der Waals surface area contributed by atoms with Gasteiger partial charge < -0.3 is 10.0 Å². The average Bonchev–Trinajstić information content (AvgIpc) is 3.22. The molecule has 1 heterocycles. The maximum absolute atomic E-state index is 13.2. The lowest BCUT2D eigenvalue weighted by Gasteiger charge is -2.25. The molecule has 2 aromatic rings. The summed E-state index contributed by atoms with van der Waals surface area (Å²) in [7, 11) is 0. The highest BCUT2D eigenvalue weighted by molar-refractivity contribution is 6.46. The molecule has 0 aliphatic carbocycles. The van der Waals surface area contributed by atoms with Gasteiger partial charge in [0.15, 0.2) is 0 Å². The predicted octanol–water partition coefficient (Wildman–Crippen LogP) is 9.15. The molecule has 1 unspecified atom stereocenters. The highest BCUT2D eigenvalue weighted by Crippen LogP contribution is 2.40. The van der Waals surface area contributed by atoms with Crippen LogP contribution in [-0.2, 0) is 9.59 Å². The highest BCUT2D eigenvalue weighted by Gasteiger charge is 2.46. The zero-order valence-corrected chi connectivity index (χ0v) is 24.9. The molecule has 7 nitrogen and oxygen atoms in total. The monoisotopic (exact) mass is 582 g/mol. The molecule has 1 saturated heterocycles. The van der Waals surface area contributed by atoms with E-state index in [2.05, 4.69) is 6.92 Å². The van der Waals surface area contributed by atoms with Crippen molar-refractivity contribution >= 4 is 34.7 Å². The first-order valence-corrected chi connectivity index (χ1v) is 15.5. The van der Waals surface area contributed by atoms with Crippen LogP contribution in [0.25, 0.3) is 5.76 Å². The summed E-state index contributed by atoms with van der Waals surface area (Å²) in [5, 5.41) is 23.0. The molecule has 2 aromatic carbocycles. The number of aliphatic hydroxyl groups excluding tert-OH is 1. The molecule has 0 radical (unpaired) electrons. The lowest BCUT2D eigenvalue weighted by Crippen LogP contribution is -2.30. The van der Waals surface area contributed by atoms with Crippen LogP contribution in [0.15, 0.2) is 54.1 Å². The number of non-ortho nitro benzene ring substituents is 1. The average molecular weight is 583 g/mol. The van der Waals surface area contributed by atoms with Gasteiger partial charge in [-0.25, -0.2) is 0 Å². The molecule has 0 saturated carbocycles. The van der Waals surface area contributed by atoms with Crippen LogP contribution in [0.3, 0.4) is 0 Å². The Morgan fingerprint density at radius 1 is 0.854 bits per heavy atom. The van der Waals surface area contributed by atoms with Gasteiger partial charge in [0.1, 0.15) is 5.76 Å². The SMILES string of the molecule is CCCCCCCCCCCCCCCCN1C(=O)C(=O)C(=C(O)c2ccc(Cl)cc2)C1c1cccc([N+](=O)[O-])c1. The molecule has 1 fully saturated rings. The summed E-state index contributed by atoms with van der Waals surface area (Å²) < 4.78 is 0. The van der Waals surface area contributed by atoms with Crippen LogP contribution in [0.5, 0.6) is 0 Å². The van der Waals surface area contributed by atoms with Gasteiger partial charge in [0, 0.05) is 29.3 Å². The maximum Gasteiger partial charge on any atom is 0.295 e. The fraction of sp³-hybridized carbons (Fsp3) is 0.515. The van der Waals surface area contributed by atoms with Gasteiger partial charge in [-0.2, -0.15) is 0 Å². The Bertz CT molecular complexity index is 1190. The van der Waals surface area contributed by atoms with E-state index in [1.165, 1.54) is 87.3 Å². The van der Waals surface area contributed by atoms with Crippen LogP contribution < -0.4 is 0 Å². The Kier molecular flexibility index (Phi) is 13.3. The quantitative estimate of drug-likeness (QED) is 0.0471. The van der Waals surface area contributed by atoms with E-state index in [1.54, 1.807) is 30.3 Å². The largest absolute Gasteiger partial charge is 0.507 e. The van der Waals surface area contributed by atoms with E-state index in [4.69, 9.17) is 11.6 Å². The molecule has 0 bridgehead atoms. The molecule has 1 aliphatic rings. The number of likely N-dealkylation sites (tertiary alicyclic amines) is 1. The van der Waals surface area contributed by atoms with Crippen LogP contribution in [0, 0.1) is 10.1 Å². The number of nitro benzene ring substituents is 1. The maximum atomic E-state index is 13.2. The molecule has 0 spiro atoms. The number of amides is 1. The van der Waals surface area contributed by atoms with Crippen LogP contribution in [-0.4, -0.2) is 33.2 Å². The third-order valence-electron chi connectivity index (χ3n) is 7.81. The minimum atomic E-state index is -0.910. The number of unbranched alkanes of at least 4 members (excludes halogenated alkanes) is 13. The number of Topliss-reactive ketones (excluding diaryl/α,β-unsaturated/α-hetero) is 1. The van der Waals surface area contributed by atoms with Crippen molar-refractivity contribution in [2.24, 2.45) is 0 Å². The van der Waals surface area contributed by atoms with Gasteiger partial charge in [-0.3, -0.25) is 19.7 Å². The second kappa shape index (κ2) is 16.9. The molecule has 8 heteroatoms. The number of nitro groups is 1. The number of halogens is 1. The Morgan fingerprint density at radius 2 is 1.39 bits per heavy atom. The number of rotatable bonds is 18. The van der Waals surface area contributed by atoms with E-state index in [1.807, 2.05) is 0 Å². The number of benzene rings is 2. The predicted molar refractivity (Wildman–Crippen MR) is 164 cm³/mol. The minimum absolute atomic E-state index is 0.0665. The van der Waals surface area contributed by atoms with Crippen molar-refractivity contribution < 1.29 is 19.6 Å². The van der Waals surface area contributed by atoms with E-state index >= 15 is 0 Å². The third kappa shape index (κ3) is 9.42. The van der Waals surface area contributed by atoms with Gasteiger partial charge in [0.05, 0.1) is 16.5 Å². The van der Waals surface area contributed by atoms with Gasteiger partial charge in [0.2, 0.25) is 0 Å². The van der Waals surface area contributed by atoms with Gasteiger partial charge >= 0.3 is 0 Å². The van der Waals surface area contributed by atoms with Crippen molar-refractivity contribution in [3.05, 3.63) is 80.4 Å². The zero-order chi connectivity index (χ0) is 29.6. The standard InChI is InChI=1S/C33H43ClN2O5/c1-2-3-4-5-6-7-8-9-10-11-12-13-14-15-23-35-30(26-17-16-18-28(24-26)36(40)41)29(32(38)33(35)39)31(37)25-19-21-27(34)22-20-25/h16-22,24,30,37H,2-15,23H2,1H3. The van der Waals surface area contributed by atoms with Crippen molar-refractivity contribution in [3.8, 4) is 0 Å². The highest BCUT2D eigenvalue weighted by atomic mass is 35.5. The van der Waals surface area contributed by atoms with Crippen molar-refractivity contribution in [1.82, 2.24) is 4.90 Å². The molecule has 3 rings (SSSR count). The number of hydrogen-bond donors (Lipinski definition) is 1. The number of aliphatic hydroxyl groups is 1. The number of hydrogen-bond acceptors (Lipinski definition) is 5. The van der Waals surface area contributed by atoms with E-state index < -0.39 is 22.7 Å². The minimum Gasteiger partial charge on any atom is -0.507 e. The Hall–Kier alpha value is -3.19. The van der Waals surface area contributed by atoms with Gasteiger partial charge in [0.25, 0.3) is 17.4 Å². The van der Waals surface area contributed by atoms with Gasteiger partial charge in [-0.1, -0.05) is 114 Å². The summed E-state index contributed by atoms with van der Waals surface area (Å²) in [6.07, 6.45) is 16.9. The zero-order valence-electron chi connectivity index (χ0n) is 24.2. The summed E-state index contributed by atoms with van der Waals surface area (Å²) in [6.45, 7) is 2.57. The second-order valence-electron chi connectivity index (χ2n) is 10.9. The Labute approximate surface area is 248 Å². The normalized spacial score (nSPS) is 16.4. The number of carbonyl (C=O) groups excluding carboxylic acids is 2. The number of ketones is 1. The van der Waals surface area contributed by atoms with Gasteiger partial charge in [-0.05, 0) is 36.2 Å². The summed E-state index contributed by atoms with van der Waals surface area (Å²) in [6, 6.07) is 11.3. The van der Waals surface area contributed by atoms with Crippen molar-refractivity contribution in [2.75, 3.05) is 6.54 Å². The van der Waals surface area contributed by atoms with Crippen LogP contribution in [0.1, 0.15) is 114 Å². The third-order valence-corrected chi connectivity index (χ3v) is 8.06. The fourth-order valence-corrected chi connectivity index (χ4v) is 5.63. The summed E-state index contributed by atoms with van der Waals surface area (Å²) in [5.74, 6) is -1.81. The molecule has 222 valence electrons. The van der Waals surface area contributed by atoms with E-state index in [-0.39, 0.29) is 17.0 Å². The number of nitrogens with zero attached hydrogens (tertiary/aromatic N) is 2. The van der Waals surface area contributed by atoms with Crippen molar-refractivity contribution in [3.63, 3.8) is 0 Å². The van der Waals surface area contributed by atoms with Crippen molar-refractivity contribution in [1.29, 1.82) is 0 Å².